The fourth-order valence-corrected chi connectivity index (χ4v) is 0.991. The molecule has 0 bridgehead atoms. The lowest BCUT2D eigenvalue weighted by molar-refractivity contribution is 0.0961. The van der Waals surface area contributed by atoms with Crippen LogP contribution in [-0.4, -0.2) is 13.0 Å². The quantitative estimate of drug-likeness (QED) is 0.659. The number of rotatable bonds is 1. The Kier molecular flexibility index (Phi) is 1.98. The molecule has 11 heavy (non-hydrogen) atoms. The molecule has 0 saturated carbocycles. The first-order valence-electron chi connectivity index (χ1n) is 3.44. The van der Waals surface area contributed by atoms with Crippen LogP contribution in [0.4, 0.5) is 0 Å². The van der Waals surface area contributed by atoms with Crippen LogP contribution in [0.5, 0.6) is 0 Å². The Morgan fingerprint density at radius 2 is 2.18 bits per heavy atom. The normalized spacial score (nSPS) is 9.73. The molecule has 1 N–H and O–H groups in total. The molecular formula is C8H11NO2. The molecule has 1 aromatic rings. The molecule has 0 radical (unpaired) electrons. The summed E-state index contributed by atoms with van der Waals surface area (Å²) >= 11 is 0. The monoisotopic (exact) mass is 153 g/mol. The van der Waals surface area contributed by atoms with Crippen molar-refractivity contribution in [3.8, 4) is 0 Å². The fraction of sp³-hybridized carbons (Fsp3) is 0.375. The summed E-state index contributed by atoms with van der Waals surface area (Å²) in [4.78, 5) is 11.1. The average Bonchev–Trinajstić information content (AvgIpc) is 2.28. The van der Waals surface area contributed by atoms with E-state index in [9.17, 15) is 4.79 Å². The minimum atomic E-state index is -0.0978. The first-order valence-corrected chi connectivity index (χ1v) is 3.44. The van der Waals surface area contributed by atoms with E-state index in [1.807, 2.05) is 6.92 Å². The van der Waals surface area contributed by atoms with Crippen molar-refractivity contribution >= 4 is 5.91 Å². The van der Waals surface area contributed by atoms with Crippen molar-refractivity contribution < 1.29 is 9.21 Å². The highest BCUT2D eigenvalue weighted by atomic mass is 16.3. The van der Waals surface area contributed by atoms with Crippen molar-refractivity contribution in [3.63, 3.8) is 0 Å². The molecule has 0 unspecified atom stereocenters. The van der Waals surface area contributed by atoms with E-state index in [4.69, 9.17) is 4.42 Å². The molecule has 3 heteroatoms. The molecule has 0 fully saturated rings. The molecule has 1 heterocycles. The van der Waals surface area contributed by atoms with Gasteiger partial charge in [-0.15, -0.1) is 0 Å². The van der Waals surface area contributed by atoms with Crippen molar-refractivity contribution in [2.75, 3.05) is 7.05 Å². The van der Waals surface area contributed by atoms with Crippen molar-refractivity contribution in [2.45, 2.75) is 13.8 Å². The van der Waals surface area contributed by atoms with E-state index >= 15 is 0 Å². The highest BCUT2D eigenvalue weighted by Gasteiger charge is 2.10. The van der Waals surface area contributed by atoms with Gasteiger partial charge >= 0.3 is 0 Å². The maximum atomic E-state index is 11.1. The number of carbonyl (C=O) groups is 1. The molecule has 0 saturated heterocycles. The van der Waals surface area contributed by atoms with Gasteiger partial charge in [-0.3, -0.25) is 4.79 Å². The van der Waals surface area contributed by atoms with Gasteiger partial charge < -0.3 is 9.73 Å². The summed E-state index contributed by atoms with van der Waals surface area (Å²) in [5.74, 6) is 1.34. The molecule has 0 aliphatic heterocycles. The minimum absolute atomic E-state index is 0.0978. The zero-order valence-corrected chi connectivity index (χ0v) is 6.89. The van der Waals surface area contributed by atoms with E-state index in [1.54, 1.807) is 20.0 Å². The summed E-state index contributed by atoms with van der Waals surface area (Å²) in [6.07, 6.45) is 0. The third-order valence-electron chi connectivity index (χ3n) is 1.51. The van der Waals surface area contributed by atoms with Crippen LogP contribution in [0.25, 0.3) is 0 Å². The molecular weight excluding hydrogens is 142 g/mol. The first-order chi connectivity index (χ1) is 5.15. The van der Waals surface area contributed by atoms with E-state index in [-0.39, 0.29) is 5.91 Å². The smallest absolute Gasteiger partial charge is 0.254 e. The summed E-state index contributed by atoms with van der Waals surface area (Å²) in [6, 6.07) is 1.73. The number of hydrogen-bond donors (Lipinski definition) is 1. The van der Waals surface area contributed by atoms with Gasteiger partial charge in [0.15, 0.2) is 0 Å². The minimum Gasteiger partial charge on any atom is -0.466 e. The molecule has 60 valence electrons. The Bertz CT molecular complexity index is 276. The number of nitrogens with one attached hydrogen (secondary N) is 1. The standard InChI is InChI=1S/C8H11NO2/c1-5-4-7(6(2)11-5)8(10)9-3/h4H,1-3H3,(H,9,10). The highest BCUT2D eigenvalue weighted by molar-refractivity contribution is 5.95. The largest absolute Gasteiger partial charge is 0.466 e. The number of aryl methyl sites for hydroxylation is 2. The second-order valence-corrected chi connectivity index (χ2v) is 2.41. The van der Waals surface area contributed by atoms with Crippen LogP contribution >= 0.6 is 0 Å². The number of furan rings is 1. The highest BCUT2D eigenvalue weighted by Crippen LogP contribution is 2.12. The molecule has 0 aliphatic rings. The van der Waals surface area contributed by atoms with E-state index in [1.165, 1.54) is 0 Å². The SMILES string of the molecule is CNC(=O)c1cc(C)oc1C. The molecule has 0 atom stereocenters. The maximum Gasteiger partial charge on any atom is 0.254 e. The lowest BCUT2D eigenvalue weighted by Crippen LogP contribution is -2.17. The second kappa shape index (κ2) is 2.78. The second-order valence-electron chi connectivity index (χ2n) is 2.41. The van der Waals surface area contributed by atoms with E-state index in [2.05, 4.69) is 5.32 Å². The summed E-state index contributed by atoms with van der Waals surface area (Å²) in [5, 5.41) is 2.54. The Labute approximate surface area is 65.4 Å². The average molecular weight is 153 g/mol. The van der Waals surface area contributed by atoms with Crippen LogP contribution in [-0.2, 0) is 0 Å². The Morgan fingerprint density at radius 3 is 2.55 bits per heavy atom. The van der Waals surface area contributed by atoms with Crippen LogP contribution in [0.15, 0.2) is 10.5 Å². The van der Waals surface area contributed by atoms with Crippen LogP contribution < -0.4 is 5.32 Å². The third-order valence-corrected chi connectivity index (χ3v) is 1.51. The summed E-state index contributed by atoms with van der Waals surface area (Å²) in [5.41, 5.74) is 0.616. The lowest BCUT2D eigenvalue weighted by atomic mass is 10.2. The molecule has 3 nitrogen and oxygen atoms in total. The molecule has 0 spiro atoms. The van der Waals surface area contributed by atoms with E-state index in [0.717, 1.165) is 5.76 Å². The van der Waals surface area contributed by atoms with Gasteiger partial charge in [-0.2, -0.15) is 0 Å². The zero-order chi connectivity index (χ0) is 8.43. The van der Waals surface area contributed by atoms with Gasteiger partial charge in [0, 0.05) is 7.05 Å². The number of carbonyl (C=O) groups excluding carboxylic acids is 1. The predicted octanol–water partition coefficient (Wildman–Crippen LogP) is 1.26. The number of amides is 1. The van der Waals surface area contributed by atoms with Crippen molar-refractivity contribution in [3.05, 3.63) is 23.2 Å². The van der Waals surface area contributed by atoms with E-state index in [0.29, 0.717) is 11.3 Å². The summed E-state index contributed by atoms with van der Waals surface area (Å²) in [7, 11) is 1.60. The molecule has 0 aliphatic carbocycles. The van der Waals surface area contributed by atoms with Gasteiger partial charge in [0.25, 0.3) is 5.91 Å². The first kappa shape index (κ1) is 7.85. The Balaban J connectivity index is 3.03. The molecule has 1 rings (SSSR count). The maximum absolute atomic E-state index is 11.1. The van der Waals surface area contributed by atoms with Crippen molar-refractivity contribution in [1.29, 1.82) is 0 Å². The van der Waals surface area contributed by atoms with Crippen LogP contribution in [0.3, 0.4) is 0 Å². The topological polar surface area (TPSA) is 42.2 Å². The molecule has 1 aromatic heterocycles. The van der Waals surface area contributed by atoms with Crippen LogP contribution in [0, 0.1) is 13.8 Å². The van der Waals surface area contributed by atoms with Gasteiger partial charge in [0.2, 0.25) is 0 Å². The van der Waals surface area contributed by atoms with Crippen molar-refractivity contribution in [1.82, 2.24) is 5.32 Å². The molecule has 0 aromatic carbocycles. The number of hydrogen-bond acceptors (Lipinski definition) is 2. The summed E-state index contributed by atoms with van der Waals surface area (Å²) < 4.78 is 5.18. The van der Waals surface area contributed by atoms with Gasteiger partial charge in [0.1, 0.15) is 11.5 Å². The van der Waals surface area contributed by atoms with Gasteiger partial charge in [0.05, 0.1) is 5.56 Å². The van der Waals surface area contributed by atoms with Gasteiger partial charge in [-0.25, -0.2) is 0 Å². The van der Waals surface area contributed by atoms with Gasteiger partial charge in [-0.05, 0) is 19.9 Å². The Morgan fingerprint density at radius 1 is 1.55 bits per heavy atom. The predicted molar refractivity (Wildman–Crippen MR) is 41.6 cm³/mol. The van der Waals surface area contributed by atoms with Crippen molar-refractivity contribution in [2.24, 2.45) is 0 Å². The van der Waals surface area contributed by atoms with Gasteiger partial charge in [-0.1, -0.05) is 0 Å². The fourth-order valence-electron chi connectivity index (χ4n) is 0.991. The van der Waals surface area contributed by atoms with E-state index < -0.39 is 0 Å². The lowest BCUT2D eigenvalue weighted by Gasteiger charge is -1.93. The zero-order valence-electron chi connectivity index (χ0n) is 6.89. The third kappa shape index (κ3) is 1.42. The van der Waals surface area contributed by atoms with Crippen LogP contribution in [0.1, 0.15) is 21.9 Å². The Hall–Kier alpha value is -1.25. The van der Waals surface area contributed by atoms with Crippen LogP contribution in [0.2, 0.25) is 0 Å². The summed E-state index contributed by atoms with van der Waals surface area (Å²) in [6.45, 7) is 3.59. The molecule has 1 amide bonds.